The third-order valence-electron chi connectivity index (χ3n) is 1.56. The number of hydrogen-bond donors (Lipinski definition) is 1. The maximum absolute atomic E-state index is 11.0. The van der Waals surface area contributed by atoms with E-state index in [0.717, 1.165) is 5.56 Å². The summed E-state index contributed by atoms with van der Waals surface area (Å²) in [5.41, 5.74) is 7.04. The first-order valence-electron chi connectivity index (χ1n) is 3.54. The Morgan fingerprint density at radius 3 is 2.25 bits per heavy atom. The molecule has 0 fully saturated rings. The molecule has 1 aromatic carbocycles. The molecule has 66 valence electrons. The second kappa shape index (κ2) is 4.91. The van der Waals surface area contributed by atoms with E-state index >= 15 is 0 Å². The number of benzene rings is 1. The SMILES string of the molecule is Cc1ccc(C(=O)CN)cc1.Cl. The first-order chi connectivity index (χ1) is 5.24. The Morgan fingerprint density at radius 1 is 1.33 bits per heavy atom. The number of carbonyl (C=O) groups is 1. The minimum Gasteiger partial charge on any atom is -0.324 e. The lowest BCUT2D eigenvalue weighted by Gasteiger charge is -1.96. The standard InChI is InChI=1S/C9H11NO.ClH/c1-7-2-4-8(5-3-7)9(11)6-10;/h2-5H,6,10H2,1H3;1H. The first-order valence-corrected chi connectivity index (χ1v) is 3.54. The Bertz CT molecular complexity index is 256. The van der Waals surface area contributed by atoms with Crippen molar-refractivity contribution in [2.24, 2.45) is 5.73 Å². The molecule has 2 N–H and O–H groups in total. The molecule has 1 aromatic rings. The first kappa shape index (κ1) is 11.1. The van der Waals surface area contributed by atoms with E-state index in [1.807, 2.05) is 19.1 Å². The van der Waals surface area contributed by atoms with Gasteiger partial charge in [-0.05, 0) is 6.92 Å². The van der Waals surface area contributed by atoms with Gasteiger partial charge in [-0.15, -0.1) is 12.4 Å². The monoisotopic (exact) mass is 185 g/mol. The molecule has 12 heavy (non-hydrogen) atoms. The Hall–Kier alpha value is -0.860. The molecule has 0 aromatic heterocycles. The fourth-order valence-electron chi connectivity index (χ4n) is 0.857. The maximum atomic E-state index is 11.0. The minimum absolute atomic E-state index is 0. The van der Waals surface area contributed by atoms with Crippen LogP contribution in [0.15, 0.2) is 24.3 Å². The van der Waals surface area contributed by atoms with Crippen LogP contribution in [0.4, 0.5) is 0 Å². The number of rotatable bonds is 2. The number of ketones is 1. The summed E-state index contributed by atoms with van der Waals surface area (Å²) in [5, 5.41) is 0. The summed E-state index contributed by atoms with van der Waals surface area (Å²) >= 11 is 0. The van der Waals surface area contributed by atoms with Gasteiger partial charge in [0.25, 0.3) is 0 Å². The third kappa shape index (κ3) is 2.64. The van der Waals surface area contributed by atoms with Crippen molar-refractivity contribution in [3.8, 4) is 0 Å². The van der Waals surface area contributed by atoms with E-state index in [9.17, 15) is 4.79 Å². The van der Waals surface area contributed by atoms with Gasteiger partial charge in [-0.2, -0.15) is 0 Å². The number of aryl methyl sites for hydroxylation is 1. The van der Waals surface area contributed by atoms with Crippen LogP contribution in [0.5, 0.6) is 0 Å². The van der Waals surface area contributed by atoms with E-state index < -0.39 is 0 Å². The summed E-state index contributed by atoms with van der Waals surface area (Å²) in [5.74, 6) is -0.00926. The van der Waals surface area contributed by atoms with Gasteiger partial charge in [0, 0.05) is 5.56 Å². The molecule has 0 atom stereocenters. The lowest BCUT2D eigenvalue weighted by atomic mass is 10.1. The Labute approximate surface area is 78.2 Å². The van der Waals surface area contributed by atoms with E-state index in [-0.39, 0.29) is 24.7 Å². The molecule has 0 aliphatic heterocycles. The van der Waals surface area contributed by atoms with Crippen LogP contribution in [0, 0.1) is 6.92 Å². The average molecular weight is 186 g/mol. The number of nitrogens with two attached hydrogens (primary N) is 1. The molecule has 3 heteroatoms. The summed E-state index contributed by atoms with van der Waals surface area (Å²) in [4.78, 5) is 11.0. The van der Waals surface area contributed by atoms with E-state index in [2.05, 4.69) is 0 Å². The topological polar surface area (TPSA) is 43.1 Å². The van der Waals surface area contributed by atoms with Gasteiger partial charge in [0.05, 0.1) is 6.54 Å². The second-order valence-corrected chi connectivity index (χ2v) is 2.49. The van der Waals surface area contributed by atoms with Crippen LogP contribution in [0.25, 0.3) is 0 Å². The predicted molar refractivity (Wildman–Crippen MR) is 51.8 cm³/mol. The fraction of sp³-hybridized carbons (Fsp3) is 0.222. The van der Waals surface area contributed by atoms with Gasteiger partial charge in [-0.3, -0.25) is 4.79 Å². The van der Waals surface area contributed by atoms with E-state index in [1.54, 1.807) is 12.1 Å². The smallest absolute Gasteiger partial charge is 0.176 e. The largest absolute Gasteiger partial charge is 0.324 e. The van der Waals surface area contributed by atoms with Gasteiger partial charge in [0.1, 0.15) is 0 Å². The van der Waals surface area contributed by atoms with E-state index in [0.29, 0.717) is 5.56 Å². The highest BCUT2D eigenvalue weighted by Gasteiger charge is 2.00. The summed E-state index contributed by atoms with van der Waals surface area (Å²) in [6, 6.07) is 7.40. The Balaban J connectivity index is 0.00000121. The van der Waals surface area contributed by atoms with Gasteiger partial charge >= 0.3 is 0 Å². The second-order valence-electron chi connectivity index (χ2n) is 2.49. The molecule has 0 heterocycles. The van der Waals surface area contributed by atoms with Crippen molar-refractivity contribution >= 4 is 18.2 Å². The molecule has 0 bridgehead atoms. The van der Waals surface area contributed by atoms with Crippen LogP contribution in [-0.2, 0) is 0 Å². The number of carbonyl (C=O) groups excluding carboxylic acids is 1. The summed E-state index contributed by atoms with van der Waals surface area (Å²) in [6.45, 7) is 2.07. The van der Waals surface area contributed by atoms with Crippen molar-refractivity contribution in [1.29, 1.82) is 0 Å². The molecule has 0 aliphatic carbocycles. The van der Waals surface area contributed by atoms with Crippen LogP contribution in [0.3, 0.4) is 0 Å². The number of Topliss-reactive ketones (excluding diaryl/α,β-unsaturated/α-hetero) is 1. The van der Waals surface area contributed by atoms with Crippen molar-refractivity contribution in [3.05, 3.63) is 35.4 Å². The Morgan fingerprint density at radius 2 is 1.83 bits per heavy atom. The van der Waals surface area contributed by atoms with Gasteiger partial charge in [0.15, 0.2) is 5.78 Å². The van der Waals surface area contributed by atoms with Gasteiger partial charge < -0.3 is 5.73 Å². The molecule has 0 saturated carbocycles. The van der Waals surface area contributed by atoms with Crippen molar-refractivity contribution in [1.82, 2.24) is 0 Å². The zero-order valence-corrected chi connectivity index (χ0v) is 7.73. The summed E-state index contributed by atoms with van der Waals surface area (Å²) in [6.07, 6.45) is 0. The average Bonchev–Trinajstić information content (AvgIpc) is 2.05. The summed E-state index contributed by atoms with van der Waals surface area (Å²) in [7, 11) is 0. The molecule has 2 nitrogen and oxygen atoms in total. The molecule has 0 unspecified atom stereocenters. The van der Waals surface area contributed by atoms with Crippen molar-refractivity contribution in [2.75, 3.05) is 6.54 Å². The molecule has 0 aliphatic rings. The van der Waals surface area contributed by atoms with Crippen molar-refractivity contribution in [3.63, 3.8) is 0 Å². The van der Waals surface area contributed by atoms with Crippen molar-refractivity contribution < 1.29 is 4.79 Å². The van der Waals surface area contributed by atoms with Gasteiger partial charge in [-0.1, -0.05) is 29.8 Å². The molecular formula is C9H12ClNO. The van der Waals surface area contributed by atoms with Crippen LogP contribution >= 0.6 is 12.4 Å². The van der Waals surface area contributed by atoms with Gasteiger partial charge in [-0.25, -0.2) is 0 Å². The van der Waals surface area contributed by atoms with Crippen LogP contribution in [-0.4, -0.2) is 12.3 Å². The number of halogens is 1. The highest BCUT2D eigenvalue weighted by atomic mass is 35.5. The molecule has 0 spiro atoms. The molecular weight excluding hydrogens is 174 g/mol. The van der Waals surface area contributed by atoms with E-state index in [4.69, 9.17) is 5.73 Å². The van der Waals surface area contributed by atoms with Crippen LogP contribution < -0.4 is 5.73 Å². The van der Waals surface area contributed by atoms with E-state index in [1.165, 1.54) is 0 Å². The maximum Gasteiger partial charge on any atom is 0.176 e. The molecule has 1 rings (SSSR count). The summed E-state index contributed by atoms with van der Waals surface area (Å²) < 4.78 is 0. The highest BCUT2D eigenvalue weighted by Crippen LogP contribution is 2.02. The zero-order valence-electron chi connectivity index (χ0n) is 6.91. The molecule has 0 amide bonds. The quantitative estimate of drug-likeness (QED) is 0.711. The predicted octanol–water partition coefficient (Wildman–Crippen LogP) is 1.56. The molecule has 0 saturated heterocycles. The normalized spacial score (nSPS) is 8.83. The number of hydrogen-bond acceptors (Lipinski definition) is 2. The molecule has 0 radical (unpaired) electrons. The fourth-order valence-corrected chi connectivity index (χ4v) is 0.857. The van der Waals surface area contributed by atoms with Crippen molar-refractivity contribution in [2.45, 2.75) is 6.92 Å². The van der Waals surface area contributed by atoms with Gasteiger partial charge in [0.2, 0.25) is 0 Å². The lowest BCUT2D eigenvalue weighted by molar-refractivity contribution is 0.100. The van der Waals surface area contributed by atoms with Crippen LogP contribution in [0.1, 0.15) is 15.9 Å². The Kier molecular flexibility index (Phi) is 4.55. The van der Waals surface area contributed by atoms with Crippen LogP contribution in [0.2, 0.25) is 0 Å². The zero-order chi connectivity index (χ0) is 8.27. The highest BCUT2D eigenvalue weighted by molar-refractivity contribution is 5.97. The minimum atomic E-state index is -0.00926. The lowest BCUT2D eigenvalue weighted by Crippen LogP contribution is -2.13. The third-order valence-corrected chi connectivity index (χ3v) is 1.56.